The quantitative estimate of drug-likeness (QED) is 0.145. The summed E-state index contributed by atoms with van der Waals surface area (Å²) in [5.74, 6) is -2.45. The second-order valence-electron chi connectivity index (χ2n) is 18.4. The number of amides is 4. The summed E-state index contributed by atoms with van der Waals surface area (Å²) in [5, 5.41) is 5.33. The Balaban J connectivity index is 0.00000327. The van der Waals surface area contributed by atoms with Crippen LogP contribution in [0.4, 0.5) is 0 Å². The van der Waals surface area contributed by atoms with Crippen molar-refractivity contribution in [2.24, 2.45) is 17.3 Å². The van der Waals surface area contributed by atoms with E-state index in [1.165, 1.54) is 22.2 Å². The van der Waals surface area contributed by atoms with Crippen LogP contribution in [0.5, 0.6) is 0 Å². The molecule has 6 heterocycles. The molecule has 5 atom stereocenters. The molecule has 0 unspecified atom stereocenters. The van der Waals surface area contributed by atoms with E-state index in [1.807, 2.05) is 32.9 Å². The molecule has 0 aliphatic carbocycles. The highest BCUT2D eigenvalue weighted by Gasteiger charge is 2.40. The van der Waals surface area contributed by atoms with Gasteiger partial charge in [-0.3, -0.25) is 34.0 Å². The van der Waals surface area contributed by atoms with Crippen LogP contribution in [0.25, 0.3) is 33.6 Å². The number of aromatic nitrogens is 3. The van der Waals surface area contributed by atoms with Crippen LogP contribution in [0.15, 0.2) is 59.9 Å². The Morgan fingerprint density at radius 3 is 2.46 bits per heavy atom. The number of pyridine rings is 1. The van der Waals surface area contributed by atoms with Gasteiger partial charge >= 0.3 is 5.97 Å². The number of benzene rings is 1. The summed E-state index contributed by atoms with van der Waals surface area (Å²) in [6.45, 7) is 17.2. The molecule has 2 N–H and O–H groups in total. The molecule has 0 saturated carbocycles. The van der Waals surface area contributed by atoms with E-state index in [4.69, 9.17) is 23.9 Å². The largest absolute Gasteiger partial charge is 0.464 e. The van der Waals surface area contributed by atoms with Crippen LogP contribution in [0.1, 0.15) is 83.9 Å². The van der Waals surface area contributed by atoms with Gasteiger partial charge in [0.2, 0.25) is 23.6 Å². The third-order valence-corrected chi connectivity index (χ3v) is 12.8. The fourth-order valence-electron chi connectivity index (χ4n) is 9.47. The van der Waals surface area contributed by atoms with Crippen molar-refractivity contribution in [2.45, 2.75) is 104 Å². The number of aryl methyl sites for hydroxylation is 1. The monoisotopic (exact) mass is 1050 g/mol. The number of oxazole rings is 1. The Bertz CT molecular complexity index is 2450. The van der Waals surface area contributed by atoms with Gasteiger partial charge in [0.15, 0.2) is 0 Å². The van der Waals surface area contributed by atoms with Gasteiger partial charge < -0.3 is 33.6 Å². The number of nitrogens with one attached hydrogen (secondary N) is 2. The van der Waals surface area contributed by atoms with Gasteiger partial charge in [-0.25, -0.2) is 10.4 Å². The summed E-state index contributed by atoms with van der Waals surface area (Å²) in [5.41, 5.74) is 8.54. The van der Waals surface area contributed by atoms with Crippen molar-refractivity contribution < 1.29 is 37.9 Å². The van der Waals surface area contributed by atoms with E-state index >= 15 is 0 Å². The minimum atomic E-state index is -1.15. The molecule has 21 heteroatoms. The number of carbonyl (C=O) groups excluding carboxylic acids is 5. The number of rotatable bonds is 10. The van der Waals surface area contributed by atoms with E-state index < -0.39 is 47.2 Å². The first kappa shape index (κ1) is 61.0. The molecule has 0 spiro atoms. The lowest BCUT2D eigenvalue weighted by molar-refractivity contribution is -0.155. The zero-order valence-electron chi connectivity index (χ0n) is 40.8. The molecule has 7 rings (SSSR count). The minimum Gasteiger partial charge on any atom is -0.464 e. The Kier molecular flexibility index (Phi) is 22.8. The average molecular weight is 1050 g/mol. The first-order valence-electron chi connectivity index (χ1n) is 22.4. The topological polar surface area (TPSA) is 181 Å². The highest BCUT2D eigenvalue weighted by molar-refractivity contribution is 7.60. The summed E-state index contributed by atoms with van der Waals surface area (Å²) in [4.78, 5) is 81.6. The molecular formula is C48H72N8O8S5. The second kappa shape index (κ2) is 25.8. The lowest BCUT2D eigenvalue weighted by Gasteiger charge is -2.36. The highest BCUT2D eigenvalue weighted by atomic mass is 32.1. The average Bonchev–Trinajstić information content (AvgIpc) is 4.05. The van der Waals surface area contributed by atoms with Gasteiger partial charge in [-0.15, -0.1) is 0 Å². The van der Waals surface area contributed by atoms with Crippen molar-refractivity contribution in [1.82, 2.24) is 40.1 Å². The zero-order chi connectivity index (χ0) is 46.0. The molecule has 69 heavy (non-hydrogen) atoms. The number of methoxy groups -OCH3 is 1. The maximum atomic E-state index is 14.6. The lowest BCUT2D eigenvalue weighted by Crippen LogP contribution is -2.62. The minimum absolute atomic E-state index is 0. The maximum absolute atomic E-state index is 14.6. The lowest BCUT2D eigenvalue weighted by atomic mass is 9.84. The van der Waals surface area contributed by atoms with E-state index in [9.17, 15) is 24.0 Å². The van der Waals surface area contributed by atoms with E-state index in [0.29, 0.717) is 50.4 Å². The molecule has 4 amide bonds. The van der Waals surface area contributed by atoms with Crippen molar-refractivity contribution in [3.05, 3.63) is 72.4 Å². The van der Waals surface area contributed by atoms with Crippen molar-refractivity contribution >= 4 is 108 Å². The number of carbonyl (C=O) groups is 5. The van der Waals surface area contributed by atoms with E-state index in [2.05, 4.69) is 60.9 Å². The summed E-state index contributed by atoms with van der Waals surface area (Å²) < 4.78 is 20.3. The van der Waals surface area contributed by atoms with Crippen molar-refractivity contribution in [3.8, 4) is 22.7 Å². The Labute approximate surface area is 440 Å². The van der Waals surface area contributed by atoms with E-state index in [0.717, 1.165) is 39.0 Å². The predicted molar refractivity (Wildman–Crippen MR) is 292 cm³/mol. The van der Waals surface area contributed by atoms with Crippen LogP contribution in [-0.2, 0) is 52.8 Å². The molecule has 3 aromatic heterocycles. The van der Waals surface area contributed by atoms with Crippen LogP contribution in [0, 0.1) is 17.3 Å². The number of hydrogen-bond acceptors (Lipinski definition) is 11. The molecule has 6 bridgehead atoms. The number of ether oxygens (including phenoxy) is 2. The van der Waals surface area contributed by atoms with Crippen LogP contribution >= 0.6 is 67.5 Å². The Morgan fingerprint density at radius 2 is 1.80 bits per heavy atom. The number of likely N-dealkylation sites (N-methyl/N-ethyl adjacent to an activating group) is 1. The molecule has 1 aromatic carbocycles. The molecule has 382 valence electrons. The van der Waals surface area contributed by atoms with Gasteiger partial charge in [0.05, 0.1) is 35.7 Å². The fraction of sp³-hybridized carbons (Fsp3) is 0.521. The first-order valence-corrected chi connectivity index (χ1v) is 22.4. The van der Waals surface area contributed by atoms with Gasteiger partial charge in [-0.05, 0) is 87.4 Å². The fourth-order valence-corrected chi connectivity index (χ4v) is 9.47. The third kappa shape index (κ3) is 13.1. The normalized spacial score (nSPS) is 19.8. The number of likely N-dealkylation sites (tertiary alicyclic amines) is 1. The van der Waals surface area contributed by atoms with E-state index in [-0.39, 0.29) is 117 Å². The highest BCUT2D eigenvalue weighted by Crippen LogP contribution is 2.42. The molecule has 16 nitrogen and oxygen atoms in total. The summed E-state index contributed by atoms with van der Waals surface area (Å²) in [6.07, 6.45) is 6.17. The van der Waals surface area contributed by atoms with Gasteiger partial charge in [0, 0.05) is 80.4 Å². The van der Waals surface area contributed by atoms with Crippen LogP contribution in [0.2, 0.25) is 0 Å². The number of fused-ring (bicyclic) bond motifs is 6. The van der Waals surface area contributed by atoms with Crippen LogP contribution in [-0.4, -0.2) is 117 Å². The van der Waals surface area contributed by atoms with Crippen molar-refractivity contribution in [1.29, 1.82) is 0 Å². The number of esters is 1. The standard InChI is InChI=1S/C48H62N8O8.5H2S/c1-10-39(57)54-21-18-31(25-54)45(59)53(8)41(28(3)4)43(58)51-37-23-32-26-63-44(50-32)30-16-17-38-34(22-30)35(42(55(38)11-2)33-14-12-19-49-40(33)29(5)62-9)24-48(6,7)27-64-47(61)36-15-13-20-56(52-36)46(37)60;;;;;/h10,12,14,16-17,19,22,26,28-29,31,36-37,41,52H,1,11,13,15,18,20-21,23-25,27H2,2-9H3,(H,51,58);5*1H2/t29-,31-,36-,37-,41-;;;;;/m0...../s1. The summed E-state index contributed by atoms with van der Waals surface area (Å²) in [6, 6.07) is 7.20. The number of nitrogens with zero attached hydrogens (tertiary/aromatic N) is 6. The SMILES string of the molecule is C=CC(=O)N1CC[C@H](C(=O)N(C)[C@H](C(=O)N[C@H]2Cc3coc(n3)-c3ccc4c(c3)c(c(-c3cccnc3[C@H](C)OC)n4CC)CC(C)(C)COC(=O)[C@@H]3CCCN(N3)C2=O)C(C)C)C1.S.S.S.S.S. The van der Waals surface area contributed by atoms with Gasteiger partial charge in [-0.2, -0.15) is 67.5 Å². The number of hydrazine groups is 1. The molecule has 4 aromatic rings. The smallest absolute Gasteiger partial charge is 0.324 e. The molecular weight excluding hydrogens is 977 g/mol. The summed E-state index contributed by atoms with van der Waals surface area (Å²) in [7, 11) is 3.25. The van der Waals surface area contributed by atoms with Gasteiger partial charge in [0.1, 0.15) is 24.4 Å². The number of hydrogen-bond donors (Lipinski definition) is 2. The third-order valence-electron chi connectivity index (χ3n) is 12.8. The molecule has 2 fully saturated rings. The van der Waals surface area contributed by atoms with Gasteiger partial charge in [-0.1, -0.05) is 34.3 Å². The zero-order valence-corrected chi connectivity index (χ0v) is 45.8. The molecule has 3 aliphatic rings. The maximum Gasteiger partial charge on any atom is 0.324 e. The molecule has 0 radical (unpaired) electrons. The second-order valence-corrected chi connectivity index (χ2v) is 18.4. The molecule has 2 saturated heterocycles. The molecule has 3 aliphatic heterocycles. The van der Waals surface area contributed by atoms with Crippen molar-refractivity contribution in [3.63, 3.8) is 0 Å². The Hall–Kier alpha value is -4.12. The van der Waals surface area contributed by atoms with E-state index in [1.54, 1.807) is 25.3 Å². The van der Waals surface area contributed by atoms with Crippen LogP contribution in [0.3, 0.4) is 0 Å². The van der Waals surface area contributed by atoms with Crippen LogP contribution < -0.4 is 10.7 Å². The Morgan fingerprint density at radius 1 is 1.07 bits per heavy atom. The van der Waals surface area contributed by atoms with Gasteiger partial charge in [0.25, 0.3) is 5.91 Å². The summed E-state index contributed by atoms with van der Waals surface area (Å²) >= 11 is 0. The predicted octanol–water partition coefficient (Wildman–Crippen LogP) is 5.82. The number of cyclic esters (lactones) is 1. The first-order chi connectivity index (χ1) is 30.5. The van der Waals surface area contributed by atoms with Crippen molar-refractivity contribution in [2.75, 3.05) is 40.4 Å².